The molecular formula is C25H31N3O3. The molecule has 2 fully saturated rings. The van der Waals surface area contributed by atoms with E-state index in [1.807, 2.05) is 53.4 Å². The Bertz CT molecular complexity index is 901. The van der Waals surface area contributed by atoms with Gasteiger partial charge in [-0.15, -0.1) is 0 Å². The summed E-state index contributed by atoms with van der Waals surface area (Å²) >= 11 is 0. The van der Waals surface area contributed by atoms with Crippen molar-refractivity contribution < 1.29 is 14.3 Å². The highest BCUT2D eigenvalue weighted by atomic mass is 16.5. The maximum Gasteiger partial charge on any atom is 0.262 e. The van der Waals surface area contributed by atoms with Gasteiger partial charge < -0.3 is 19.9 Å². The smallest absolute Gasteiger partial charge is 0.262 e. The zero-order chi connectivity index (χ0) is 21.6. The second-order valence-corrected chi connectivity index (χ2v) is 8.55. The van der Waals surface area contributed by atoms with Gasteiger partial charge in [-0.2, -0.15) is 0 Å². The number of benzene rings is 2. The van der Waals surface area contributed by atoms with E-state index in [9.17, 15) is 9.59 Å². The van der Waals surface area contributed by atoms with E-state index in [4.69, 9.17) is 4.74 Å². The minimum atomic E-state index is -0.247. The Morgan fingerprint density at radius 1 is 1.00 bits per heavy atom. The largest absolute Gasteiger partial charge is 0.484 e. The normalized spacial score (nSPS) is 16.9. The summed E-state index contributed by atoms with van der Waals surface area (Å²) in [5.41, 5.74) is 2.28. The second kappa shape index (κ2) is 9.86. The predicted molar refractivity (Wildman–Crippen MR) is 123 cm³/mol. The highest BCUT2D eigenvalue weighted by Crippen LogP contribution is 2.30. The van der Waals surface area contributed by atoms with Crippen molar-refractivity contribution in [2.24, 2.45) is 5.92 Å². The highest BCUT2D eigenvalue weighted by Gasteiger charge is 2.26. The molecule has 2 aromatic carbocycles. The molecule has 0 aliphatic carbocycles. The van der Waals surface area contributed by atoms with E-state index in [1.54, 1.807) is 0 Å². The zero-order valence-corrected chi connectivity index (χ0v) is 18.2. The number of rotatable bonds is 6. The van der Waals surface area contributed by atoms with Gasteiger partial charge in [0, 0.05) is 37.6 Å². The van der Waals surface area contributed by atoms with Gasteiger partial charge in [0.15, 0.2) is 6.61 Å². The number of para-hydroxylation sites is 1. The lowest BCUT2D eigenvalue weighted by molar-refractivity contribution is -0.118. The van der Waals surface area contributed by atoms with E-state index < -0.39 is 0 Å². The number of carbonyl (C=O) groups excluding carboxylic acids is 2. The van der Waals surface area contributed by atoms with Crippen LogP contribution >= 0.6 is 0 Å². The zero-order valence-electron chi connectivity index (χ0n) is 18.2. The summed E-state index contributed by atoms with van der Waals surface area (Å²) in [5, 5.41) is 2.88. The first-order chi connectivity index (χ1) is 15.1. The molecule has 2 amide bonds. The van der Waals surface area contributed by atoms with Gasteiger partial charge in [-0.25, -0.2) is 0 Å². The van der Waals surface area contributed by atoms with Crippen molar-refractivity contribution in [3.05, 3.63) is 54.1 Å². The maximum absolute atomic E-state index is 13.3. The Kier molecular flexibility index (Phi) is 6.75. The lowest BCUT2D eigenvalue weighted by Crippen LogP contribution is -2.35. The average Bonchev–Trinajstić information content (AvgIpc) is 3.34. The number of ether oxygens (including phenoxy) is 1. The highest BCUT2D eigenvalue weighted by molar-refractivity contribution is 6.02. The molecule has 2 heterocycles. The van der Waals surface area contributed by atoms with E-state index in [2.05, 4.69) is 17.1 Å². The number of nitrogens with one attached hydrogen (secondary N) is 1. The summed E-state index contributed by atoms with van der Waals surface area (Å²) in [6.07, 6.45) is 4.37. The van der Waals surface area contributed by atoms with Crippen molar-refractivity contribution in [2.45, 2.75) is 32.6 Å². The topological polar surface area (TPSA) is 61.9 Å². The second-order valence-electron chi connectivity index (χ2n) is 8.55. The lowest BCUT2D eigenvalue weighted by atomic mass is 9.97. The lowest BCUT2D eigenvalue weighted by Gasteiger charge is -2.34. The number of likely N-dealkylation sites (tertiary alicyclic amines) is 1. The minimum absolute atomic E-state index is 0.0581. The molecule has 6 heteroatoms. The standard InChI is InChI=1S/C25H31N3O3/c1-19-11-15-27(16-12-19)23-10-9-20(17-22(23)25(30)28-13-5-6-14-28)26-24(29)18-31-21-7-3-2-4-8-21/h2-4,7-10,17,19H,5-6,11-16,18H2,1H3,(H,26,29). The Hall–Kier alpha value is -3.02. The number of anilines is 2. The van der Waals surface area contributed by atoms with Crippen LogP contribution in [0.3, 0.4) is 0 Å². The third kappa shape index (κ3) is 5.37. The molecule has 0 spiro atoms. The van der Waals surface area contributed by atoms with Crippen molar-refractivity contribution >= 4 is 23.2 Å². The monoisotopic (exact) mass is 421 g/mol. The van der Waals surface area contributed by atoms with Crippen molar-refractivity contribution in [2.75, 3.05) is 43.0 Å². The molecule has 2 aliphatic rings. The SMILES string of the molecule is CC1CCN(c2ccc(NC(=O)COc3ccccc3)cc2C(=O)N2CCCC2)CC1. The summed E-state index contributed by atoms with van der Waals surface area (Å²) in [4.78, 5) is 29.9. The molecule has 0 bridgehead atoms. The Morgan fingerprint density at radius 2 is 1.71 bits per heavy atom. The fourth-order valence-electron chi connectivity index (χ4n) is 4.26. The minimum Gasteiger partial charge on any atom is -0.484 e. The number of carbonyl (C=O) groups is 2. The van der Waals surface area contributed by atoms with Crippen LogP contribution < -0.4 is 15.0 Å². The molecule has 2 aliphatic heterocycles. The van der Waals surface area contributed by atoms with Crippen LogP contribution in [0.1, 0.15) is 43.0 Å². The number of hydrogen-bond donors (Lipinski definition) is 1. The van der Waals surface area contributed by atoms with Gasteiger partial charge in [-0.05, 0) is 61.9 Å². The number of hydrogen-bond acceptors (Lipinski definition) is 4. The molecular weight excluding hydrogens is 390 g/mol. The Morgan fingerprint density at radius 3 is 2.42 bits per heavy atom. The van der Waals surface area contributed by atoms with Crippen LogP contribution in [0.4, 0.5) is 11.4 Å². The summed E-state index contributed by atoms with van der Waals surface area (Å²) in [5.74, 6) is 1.18. The van der Waals surface area contributed by atoms with Gasteiger partial charge in [0.2, 0.25) is 0 Å². The molecule has 31 heavy (non-hydrogen) atoms. The van der Waals surface area contributed by atoms with E-state index in [0.717, 1.165) is 63.5 Å². The number of nitrogens with zero attached hydrogens (tertiary/aromatic N) is 2. The number of amides is 2. The van der Waals surface area contributed by atoms with Crippen molar-refractivity contribution in [3.8, 4) is 5.75 Å². The predicted octanol–water partition coefficient (Wildman–Crippen LogP) is 4.18. The van der Waals surface area contributed by atoms with Crippen LogP contribution in [0.2, 0.25) is 0 Å². The van der Waals surface area contributed by atoms with E-state index in [1.165, 1.54) is 0 Å². The Balaban J connectivity index is 1.49. The summed E-state index contributed by atoms with van der Waals surface area (Å²) in [6.45, 7) is 5.72. The third-order valence-electron chi connectivity index (χ3n) is 6.14. The first-order valence-electron chi connectivity index (χ1n) is 11.3. The molecule has 2 saturated heterocycles. The van der Waals surface area contributed by atoms with Crippen LogP contribution in [0.5, 0.6) is 5.75 Å². The Labute approximate surface area is 184 Å². The van der Waals surface area contributed by atoms with Crippen LogP contribution in [0.25, 0.3) is 0 Å². The molecule has 4 rings (SSSR count). The van der Waals surface area contributed by atoms with Crippen LogP contribution in [-0.4, -0.2) is 49.5 Å². The molecule has 0 radical (unpaired) electrons. The van der Waals surface area contributed by atoms with Gasteiger partial charge in [-0.3, -0.25) is 9.59 Å². The fourth-order valence-corrected chi connectivity index (χ4v) is 4.26. The average molecular weight is 422 g/mol. The quantitative estimate of drug-likeness (QED) is 0.760. The van der Waals surface area contributed by atoms with Crippen molar-refractivity contribution in [1.29, 1.82) is 0 Å². The van der Waals surface area contributed by atoms with E-state index in [0.29, 0.717) is 17.0 Å². The van der Waals surface area contributed by atoms with Crippen molar-refractivity contribution in [3.63, 3.8) is 0 Å². The van der Waals surface area contributed by atoms with Crippen LogP contribution in [0.15, 0.2) is 48.5 Å². The molecule has 164 valence electrons. The molecule has 0 unspecified atom stereocenters. The molecule has 6 nitrogen and oxygen atoms in total. The summed E-state index contributed by atoms with van der Waals surface area (Å²) in [7, 11) is 0. The summed E-state index contributed by atoms with van der Waals surface area (Å²) < 4.78 is 5.53. The van der Waals surface area contributed by atoms with Gasteiger partial charge in [0.25, 0.3) is 11.8 Å². The molecule has 0 atom stereocenters. The van der Waals surface area contributed by atoms with Gasteiger partial charge in [0.1, 0.15) is 5.75 Å². The first-order valence-corrected chi connectivity index (χ1v) is 11.3. The van der Waals surface area contributed by atoms with Crippen LogP contribution in [-0.2, 0) is 4.79 Å². The molecule has 2 aromatic rings. The number of piperidine rings is 1. The van der Waals surface area contributed by atoms with E-state index >= 15 is 0 Å². The maximum atomic E-state index is 13.3. The fraction of sp³-hybridized carbons (Fsp3) is 0.440. The van der Waals surface area contributed by atoms with E-state index in [-0.39, 0.29) is 18.4 Å². The first kappa shape index (κ1) is 21.2. The van der Waals surface area contributed by atoms with Gasteiger partial charge in [-0.1, -0.05) is 25.1 Å². The third-order valence-corrected chi connectivity index (χ3v) is 6.14. The van der Waals surface area contributed by atoms with Gasteiger partial charge >= 0.3 is 0 Å². The van der Waals surface area contributed by atoms with Gasteiger partial charge in [0.05, 0.1) is 5.56 Å². The van der Waals surface area contributed by atoms with Crippen molar-refractivity contribution in [1.82, 2.24) is 4.90 Å². The summed E-state index contributed by atoms with van der Waals surface area (Å²) in [6, 6.07) is 14.9. The van der Waals surface area contributed by atoms with Crippen LogP contribution in [0, 0.1) is 5.92 Å². The molecule has 0 aromatic heterocycles. The molecule has 1 N–H and O–H groups in total. The molecule has 0 saturated carbocycles.